The van der Waals surface area contributed by atoms with Crippen molar-refractivity contribution >= 4 is 0 Å². The lowest BCUT2D eigenvalue weighted by atomic mass is 10.0. The molecular formula is C15H31N. The van der Waals surface area contributed by atoms with Crippen LogP contribution in [-0.2, 0) is 0 Å². The quantitative estimate of drug-likeness (QED) is 0.639. The maximum Gasteiger partial charge on any atom is 0.00388 e. The molecule has 0 spiro atoms. The summed E-state index contributed by atoms with van der Waals surface area (Å²) in [6.07, 6.45) is 5.42. The van der Waals surface area contributed by atoms with E-state index in [9.17, 15) is 0 Å². The highest BCUT2D eigenvalue weighted by Crippen LogP contribution is 2.67. The minimum atomic E-state index is 0.531. The Labute approximate surface area is 102 Å². The molecule has 1 fully saturated rings. The van der Waals surface area contributed by atoms with E-state index in [-0.39, 0.29) is 0 Å². The lowest BCUT2D eigenvalue weighted by Crippen LogP contribution is -2.29. The van der Waals surface area contributed by atoms with E-state index in [1.165, 1.54) is 32.2 Å². The molecule has 1 N–H and O–H groups in total. The van der Waals surface area contributed by atoms with E-state index >= 15 is 0 Å². The summed E-state index contributed by atoms with van der Waals surface area (Å²) in [6, 6.07) is 0.693. The van der Waals surface area contributed by atoms with Crippen LogP contribution >= 0.6 is 0 Å². The molecule has 0 radical (unpaired) electrons. The van der Waals surface area contributed by atoms with E-state index in [4.69, 9.17) is 0 Å². The van der Waals surface area contributed by atoms with Gasteiger partial charge in [0.1, 0.15) is 0 Å². The first-order chi connectivity index (χ1) is 7.34. The van der Waals surface area contributed by atoms with E-state index in [2.05, 4.69) is 46.9 Å². The number of unbranched alkanes of at least 4 members (excludes halogenated alkanes) is 2. The van der Waals surface area contributed by atoms with Crippen molar-refractivity contribution in [1.82, 2.24) is 5.32 Å². The SMILES string of the molecule is CCCCCC(C)NCC1C(C)(C)C1(C)C. The summed E-state index contributed by atoms with van der Waals surface area (Å²) >= 11 is 0. The minimum Gasteiger partial charge on any atom is -0.314 e. The summed E-state index contributed by atoms with van der Waals surface area (Å²) < 4.78 is 0. The van der Waals surface area contributed by atoms with Crippen molar-refractivity contribution in [2.24, 2.45) is 16.7 Å². The first-order valence-corrected chi connectivity index (χ1v) is 7.07. The molecular weight excluding hydrogens is 194 g/mol. The van der Waals surface area contributed by atoms with Crippen LogP contribution in [0.15, 0.2) is 0 Å². The third kappa shape index (κ3) is 2.80. The van der Waals surface area contributed by atoms with Crippen molar-refractivity contribution in [3.8, 4) is 0 Å². The zero-order valence-electron chi connectivity index (χ0n) is 12.2. The second-order valence-corrected chi connectivity index (χ2v) is 6.80. The molecule has 0 amide bonds. The first kappa shape index (κ1) is 14.0. The Balaban J connectivity index is 2.17. The minimum absolute atomic E-state index is 0.531. The zero-order chi connectivity index (χ0) is 12.4. The fourth-order valence-electron chi connectivity index (χ4n) is 2.97. The topological polar surface area (TPSA) is 12.0 Å². The van der Waals surface area contributed by atoms with Gasteiger partial charge in [0.05, 0.1) is 0 Å². The summed E-state index contributed by atoms with van der Waals surface area (Å²) in [4.78, 5) is 0. The van der Waals surface area contributed by atoms with E-state index in [1.807, 2.05) is 0 Å². The van der Waals surface area contributed by atoms with Gasteiger partial charge in [0.25, 0.3) is 0 Å². The zero-order valence-corrected chi connectivity index (χ0v) is 12.2. The molecule has 1 unspecified atom stereocenters. The number of rotatable bonds is 7. The normalized spacial score (nSPS) is 24.4. The van der Waals surface area contributed by atoms with Gasteiger partial charge in [-0.2, -0.15) is 0 Å². The van der Waals surface area contributed by atoms with Crippen molar-refractivity contribution in [1.29, 1.82) is 0 Å². The summed E-state index contributed by atoms with van der Waals surface area (Å²) in [7, 11) is 0. The Hall–Kier alpha value is -0.0400. The van der Waals surface area contributed by atoms with Gasteiger partial charge in [0.2, 0.25) is 0 Å². The maximum atomic E-state index is 3.71. The number of nitrogens with one attached hydrogen (secondary N) is 1. The van der Waals surface area contributed by atoms with E-state index in [1.54, 1.807) is 0 Å². The van der Waals surface area contributed by atoms with Gasteiger partial charge in [0, 0.05) is 6.04 Å². The van der Waals surface area contributed by atoms with Gasteiger partial charge in [-0.25, -0.2) is 0 Å². The van der Waals surface area contributed by atoms with Gasteiger partial charge in [-0.1, -0.05) is 53.9 Å². The lowest BCUT2D eigenvalue weighted by Gasteiger charge is -2.14. The highest BCUT2D eigenvalue weighted by Gasteiger charge is 2.63. The molecule has 1 aliphatic carbocycles. The van der Waals surface area contributed by atoms with Gasteiger partial charge in [0.15, 0.2) is 0 Å². The Morgan fingerprint density at radius 1 is 1.06 bits per heavy atom. The van der Waals surface area contributed by atoms with Crippen molar-refractivity contribution in [2.45, 2.75) is 73.3 Å². The molecule has 1 rings (SSSR count). The van der Waals surface area contributed by atoms with Crippen molar-refractivity contribution in [3.05, 3.63) is 0 Å². The average Bonchev–Trinajstić information content (AvgIpc) is 2.55. The van der Waals surface area contributed by atoms with Crippen molar-refractivity contribution in [3.63, 3.8) is 0 Å². The van der Waals surface area contributed by atoms with Crippen LogP contribution in [0.5, 0.6) is 0 Å². The molecule has 1 nitrogen and oxygen atoms in total. The molecule has 0 bridgehead atoms. The van der Waals surface area contributed by atoms with Crippen molar-refractivity contribution in [2.75, 3.05) is 6.54 Å². The Morgan fingerprint density at radius 3 is 2.06 bits per heavy atom. The largest absolute Gasteiger partial charge is 0.314 e. The highest BCUT2D eigenvalue weighted by molar-refractivity contribution is 5.12. The van der Waals surface area contributed by atoms with Crippen LogP contribution in [0.1, 0.15) is 67.2 Å². The molecule has 96 valence electrons. The monoisotopic (exact) mass is 225 g/mol. The molecule has 0 aliphatic heterocycles. The Bertz CT molecular complexity index is 203. The van der Waals surface area contributed by atoms with Gasteiger partial charge < -0.3 is 5.32 Å². The second-order valence-electron chi connectivity index (χ2n) is 6.80. The van der Waals surface area contributed by atoms with Crippen LogP contribution in [-0.4, -0.2) is 12.6 Å². The van der Waals surface area contributed by atoms with Gasteiger partial charge >= 0.3 is 0 Å². The van der Waals surface area contributed by atoms with Crippen LogP contribution in [0.4, 0.5) is 0 Å². The Kier molecular flexibility index (Phi) is 4.45. The smallest absolute Gasteiger partial charge is 0.00388 e. The fraction of sp³-hybridized carbons (Fsp3) is 1.00. The lowest BCUT2D eigenvalue weighted by molar-refractivity contribution is 0.447. The van der Waals surface area contributed by atoms with Crippen molar-refractivity contribution < 1.29 is 0 Å². The summed E-state index contributed by atoms with van der Waals surface area (Å²) in [6.45, 7) is 15.4. The van der Waals surface area contributed by atoms with Gasteiger partial charge in [-0.3, -0.25) is 0 Å². The predicted molar refractivity (Wildman–Crippen MR) is 72.7 cm³/mol. The third-order valence-corrected chi connectivity index (χ3v) is 5.23. The molecule has 0 heterocycles. The number of hydrogen-bond acceptors (Lipinski definition) is 1. The molecule has 1 atom stereocenters. The molecule has 1 heteroatoms. The molecule has 0 aromatic carbocycles. The van der Waals surface area contributed by atoms with Gasteiger partial charge in [-0.15, -0.1) is 0 Å². The maximum absolute atomic E-state index is 3.71. The molecule has 0 saturated heterocycles. The summed E-state index contributed by atoms with van der Waals surface area (Å²) in [5.41, 5.74) is 1.06. The predicted octanol–water partition coefficient (Wildman–Crippen LogP) is 4.23. The molecule has 1 aliphatic rings. The summed E-state index contributed by atoms with van der Waals surface area (Å²) in [5, 5.41) is 3.71. The van der Waals surface area contributed by atoms with Crippen LogP contribution in [0.25, 0.3) is 0 Å². The summed E-state index contributed by atoms with van der Waals surface area (Å²) in [5.74, 6) is 0.855. The van der Waals surface area contributed by atoms with E-state index < -0.39 is 0 Å². The molecule has 16 heavy (non-hydrogen) atoms. The van der Waals surface area contributed by atoms with Gasteiger partial charge in [-0.05, 0) is 36.6 Å². The van der Waals surface area contributed by atoms with Crippen LogP contribution in [0.3, 0.4) is 0 Å². The molecule has 1 saturated carbocycles. The standard InChI is InChI=1S/C15H31N/c1-7-8-9-10-12(2)16-11-13-14(3,4)15(13,5)6/h12-13,16H,7-11H2,1-6H3. The average molecular weight is 225 g/mol. The van der Waals surface area contributed by atoms with Crippen LogP contribution < -0.4 is 5.32 Å². The second kappa shape index (κ2) is 5.08. The molecule has 0 aromatic rings. The third-order valence-electron chi connectivity index (χ3n) is 5.23. The van der Waals surface area contributed by atoms with E-state index in [0.717, 1.165) is 5.92 Å². The number of hydrogen-bond donors (Lipinski definition) is 1. The molecule has 0 aromatic heterocycles. The van der Waals surface area contributed by atoms with Crippen LogP contribution in [0.2, 0.25) is 0 Å². The highest BCUT2D eigenvalue weighted by atomic mass is 14.9. The Morgan fingerprint density at radius 2 is 1.62 bits per heavy atom. The first-order valence-electron chi connectivity index (χ1n) is 7.07. The van der Waals surface area contributed by atoms with E-state index in [0.29, 0.717) is 16.9 Å². The fourth-order valence-corrected chi connectivity index (χ4v) is 2.97. The van der Waals surface area contributed by atoms with Crippen LogP contribution in [0, 0.1) is 16.7 Å².